The maximum atomic E-state index is 13.0. The first-order valence-electron chi connectivity index (χ1n) is 6.90. The molecule has 1 aliphatic carbocycles. The van der Waals surface area contributed by atoms with Crippen molar-refractivity contribution >= 4 is 17.8 Å². The minimum Gasteiger partial charge on any atom is -0.277 e. The van der Waals surface area contributed by atoms with Gasteiger partial charge in [0, 0.05) is 0 Å². The van der Waals surface area contributed by atoms with Crippen LogP contribution in [0.15, 0.2) is 24.3 Å². The van der Waals surface area contributed by atoms with Crippen molar-refractivity contribution in [3.63, 3.8) is 0 Å². The molecule has 1 unspecified atom stereocenters. The Morgan fingerprint density at radius 2 is 1.81 bits per heavy atom. The predicted octanol–water partition coefficient (Wildman–Crippen LogP) is 2.14. The van der Waals surface area contributed by atoms with Crippen LogP contribution in [0.1, 0.15) is 37.8 Å². The van der Waals surface area contributed by atoms with Gasteiger partial charge in [-0.1, -0.05) is 18.6 Å². The highest BCUT2D eigenvalue weighted by Crippen LogP contribution is 2.45. The molecule has 3 rings (SSSR count). The molecule has 2 fully saturated rings. The highest BCUT2D eigenvalue weighted by atomic mass is 19.1. The van der Waals surface area contributed by atoms with E-state index in [1.807, 2.05) is 0 Å². The van der Waals surface area contributed by atoms with E-state index in [1.165, 1.54) is 24.3 Å². The first-order chi connectivity index (χ1) is 9.95. The number of rotatable bonds is 2. The summed E-state index contributed by atoms with van der Waals surface area (Å²) < 4.78 is 13.0. The van der Waals surface area contributed by atoms with Crippen LogP contribution in [-0.2, 0) is 9.59 Å². The van der Waals surface area contributed by atoms with Crippen molar-refractivity contribution in [1.29, 1.82) is 0 Å². The fourth-order valence-electron chi connectivity index (χ4n) is 2.91. The molecule has 21 heavy (non-hydrogen) atoms. The van der Waals surface area contributed by atoms with Gasteiger partial charge in [0.25, 0.3) is 0 Å². The molecule has 110 valence electrons. The number of amides is 4. The maximum Gasteiger partial charge on any atom is 0.331 e. The number of urea groups is 1. The molecule has 0 aromatic heterocycles. The molecule has 0 bridgehead atoms. The summed E-state index contributed by atoms with van der Waals surface area (Å²) in [5.41, 5.74) is -0.439. The number of hydrogen-bond donors (Lipinski definition) is 1. The summed E-state index contributed by atoms with van der Waals surface area (Å²) in [4.78, 5) is 37.6. The van der Waals surface area contributed by atoms with Gasteiger partial charge in [-0.2, -0.15) is 0 Å². The van der Waals surface area contributed by atoms with Crippen LogP contribution in [0, 0.1) is 11.2 Å². The van der Waals surface area contributed by atoms with Crippen LogP contribution < -0.4 is 5.32 Å². The molecule has 1 aromatic carbocycles. The number of benzene rings is 1. The van der Waals surface area contributed by atoms with Gasteiger partial charge in [-0.3, -0.25) is 19.8 Å². The Balaban J connectivity index is 1.92. The Labute approximate surface area is 121 Å². The summed E-state index contributed by atoms with van der Waals surface area (Å²) in [5, 5.41) is 2.27. The molecular weight excluding hydrogens is 275 g/mol. The van der Waals surface area contributed by atoms with Gasteiger partial charge >= 0.3 is 6.03 Å². The molecule has 4 amide bonds. The molecule has 1 heterocycles. The maximum absolute atomic E-state index is 13.0. The Morgan fingerprint density at radius 1 is 1.19 bits per heavy atom. The van der Waals surface area contributed by atoms with Gasteiger partial charge in [0.05, 0.1) is 6.04 Å². The molecule has 1 spiro atoms. The Hall–Kier alpha value is -2.24. The third-order valence-corrected chi connectivity index (χ3v) is 4.45. The fraction of sp³-hybridized carbons (Fsp3) is 0.400. The van der Waals surface area contributed by atoms with Crippen LogP contribution in [0.3, 0.4) is 0 Å². The number of nitrogens with zero attached hydrogens (tertiary/aromatic N) is 1. The lowest BCUT2D eigenvalue weighted by Gasteiger charge is -2.46. The number of carbonyl (C=O) groups is 3. The van der Waals surface area contributed by atoms with Gasteiger partial charge in [-0.15, -0.1) is 0 Å². The van der Waals surface area contributed by atoms with Crippen molar-refractivity contribution in [3.05, 3.63) is 35.6 Å². The second-order valence-corrected chi connectivity index (χ2v) is 5.60. The Kier molecular flexibility index (Phi) is 3.04. The molecule has 1 aliphatic heterocycles. The third-order valence-electron chi connectivity index (χ3n) is 4.45. The Morgan fingerprint density at radius 3 is 2.33 bits per heavy atom. The number of halogens is 1. The van der Waals surface area contributed by atoms with Crippen molar-refractivity contribution in [2.75, 3.05) is 0 Å². The molecule has 0 radical (unpaired) electrons. The van der Waals surface area contributed by atoms with Gasteiger partial charge in [-0.25, -0.2) is 9.18 Å². The quantitative estimate of drug-likeness (QED) is 0.849. The zero-order chi connectivity index (χ0) is 15.2. The van der Waals surface area contributed by atoms with Crippen LogP contribution in [0.4, 0.5) is 9.18 Å². The minimum atomic E-state index is -1.08. The van der Waals surface area contributed by atoms with Gasteiger partial charge in [0.1, 0.15) is 11.2 Å². The summed E-state index contributed by atoms with van der Waals surface area (Å²) in [6.07, 6.45) is 1.74. The molecule has 1 N–H and O–H groups in total. The minimum absolute atomic E-state index is 0.383. The van der Waals surface area contributed by atoms with Gasteiger partial charge < -0.3 is 0 Å². The van der Waals surface area contributed by atoms with Crippen molar-refractivity contribution < 1.29 is 18.8 Å². The number of carbonyl (C=O) groups excluding carboxylic acids is 3. The van der Waals surface area contributed by atoms with E-state index in [0.717, 1.165) is 11.3 Å². The van der Waals surface area contributed by atoms with Gasteiger partial charge in [0.2, 0.25) is 11.8 Å². The van der Waals surface area contributed by atoms with E-state index >= 15 is 0 Å². The average molecular weight is 290 g/mol. The molecule has 1 saturated heterocycles. The van der Waals surface area contributed by atoms with E-state index < -0.39 is 29.3 Å². The zero-order valence-electron chi connectivity index (χ0n) is 11.6. The van der Waals surface area contributed by atoms with Crippen LogP contribution in [-0.4, -0.2) is 22.7 Å². The van der Waals surface area contributed by atoms with Crippen LogP contribution in [0.5, 0.6) is 0 Å². The average Bonchev–Trinajstić information content (AvgIpc) is 2.37. The highest BCUT2D eigenvalue weighted by Gasteiger charge is 2.58. The lowest BCUT2D eigenvalue weighted by Crippen LogP contribution is -2.66. The first kappa shape index (κ1) is 13.7. The summed E-state index contributed by atoms with van der Waals surface area (Å²) in [5.74, 6) is -1.32. The van der Waals surface area contributed by atoms with Crippen molar-refractivity contribution in [2.24, 2.45) is 5.41 Å². The van der Waals surface area contributed by atoms with Crippen LogP contribution in [0.25, 0.3) is 0 Å². The van der Waals surface area contributed by atoms with Crippen molar-refractivity contribution in [1.82, 2.24) is 10.2 Å². The predicted molar refractivity (Wildman–Crippen MR) is 71.5 cm³/mol. The standard InChI is InChI=1S/C15H15FN2O3/c1-9(10-3-5-11(16)6-4-10)18-13(20)15(7-2-8-15)12(19)17-14(18)21/h3-6,9H,2,7-8H2,1H3,(H,17,19,21). The molecule has 5 nitrogen and oxygen atoms in total. The summed E-state index contributed by atoms with van der Waals surface area (Å²) in [7, 11) is 0. The molecule has 1 atom stereocenters. The lowest BCUT2D eigenvalue weighted by molar-refractivity contribution is -0.159. The fourth-order valence-corrected chi connectivity index (χ4v) is 2.91. The lowest BCUT2D eigenvalue weighted by atomic mass is 9.66. The highest BCUT2D eigenvalue weighted by molar-refractivity contribution is 6.19. The zero-order valence-corrected chi connectivity index (χ0v) is 11.6. The van der Waals surface area contributed by atoms with Gasteiger partial charge in [0.15, 0.2) is 0 Å². The molecule has 2 aliphatic rings. The monoisotopic (exact) mass is 290 g/mol. The van der Waals surface area contributed by atoms with Crippen molar-refractivity contribution in [2.45, 2.75) is 32.2 Å². The van der Waals surface area contributed by atoms with Crippen LogP contribution >= 0.6 is 0 Å². The SMILES string of the molecule is CC(c1ccc(F)cc1)N1C(=O)NC(=O)C2(CCC2)C1=O. The third kappa shape index (κ3) is 1.93. The largest absolute Gasteiger partial charge is 0.331 e. The molecule has 6 heteroatoms. The van der Waals surface area contributed by atoms with E-state index in [-0.39, 0.29) is 5.82 Å². The van der Waals surface area contributed by atoms with E-state index in [2.05, 4.69) is 5.32 Å². The molecular formula is C15H15FN2O3. The summed E-state index contributed by atoms with van der Waals surface area (Å²) in [6.45, 7) is 1.69. The molecule has 1 saturated carbocycles. The number of nitrogens with one attached hydrogen (secondary N) is 1. The van der Waals surface area contributed by atoms with E-state index in [1.54, 1.807) is 6.92 Å². The topological polar surface area (TPSA) is 66.5 Å². The molecule has 1 aromatic rings. The van der Waals surface area contributed by atoms with E-state index in [9.17, 15) is 18.8 Å². The van der Waals surface area contributed by atoms with Crippen molar-refractivity contribution in [3.8, 4) is 0 Å². The second kappa shape index (κ2) is 4.65. The summed E-state index contributed by atoms with van der Waals surface area (Å²) in [6, 6.07) is 4.36. The number of imide groups is 2. The summed E-state index contributed by atoms with van der Waals surface area (Å²) >= 11 is 0. The first-order valence-corrected chi connectivity index (χ1v) is 6.90. The van der Waals surface area contributed by atoms with E-state index in [0.29, 0.717) is 18.4 Å². The number of barbiturate groups is 1. The smallest absolute Gasteiger partial charge is 0.277 e. The number of hydrogen-bond acceptors (Lipinski definition) is 3. The van der Waals surface area contributed by atoms with Crippen LogP contribution in [0.2, 0.25) is 0 Å². The normalized spacial score (nSPS) is 22.0. The Bertz CT molecular complexity index is 622. The van der Waals surface area contributed by atoms with E-state index in [4.69, 9.17) is 0 Å². The van der Waals surface area contributed by atoms with Gasteiger partial charge in [-0.05, 0) is 37.5 Å². The second-order valence-electron chi connectivity index (χ2n) is 5.60.